The summed E-state index contributed by atoms with van der Waals surface area (Å²) in [5.41, 5.74) is 4.37. The van der Waals surface area contributed by atoms with E-state index in [9.17, 15) is 4.79 Å². The number of anilines is 1. The molecule has 0 fully saturated rings. The molecule has 0 atom stereocenters. The topological polar surface area (TPSA) is 59.8 Å². The number of aromatic nitrogens is 3. The highest BCUT2D eigenvalue weighted by molar-refractivity contribution is 6.04. The minimum Gasteiger partial charge on any atom is -0.306 e. The first-order valence-corrected chi connectivity index (χ1v) is 8.97. The van der Waals surface area contributed by atoms with Gasteiger partial charge in [0.2, 0.25) is 0 Å². The minimum absolute atomic E-state index is 0.212. The number of fused-ring (bicyclic) bond motifs is 1. The van der Waals surface area contributed by atoms with Crippen molar-refractivity contribution in [2.75, 3.05) is 5.32 Å². The summed E-state index contributed by atoms with van der Waals surface area (Å²) in [5.74, 6) is 0.315. The highest BCUT2D eigenvalue weighted by Crippen LogP contribution is 2.20. The molecule has 0 saturated carbocycles. The molecule has 0 bridgehead atoms. The maximum Gasteiger partial charge on any atom is 0.260 e. The predicted molar refractivity (Wildman–Crippen MR) is 107 cm³/mol. The first-order valence-electron chi connectivity index (χ1n) is 8.97. The highest BCUT2D eigenvalue weighted by Gasteiger charge is 2.17. The molecule has 134 valence electrons. The van der Waals surface area contributed by atoms with Crippen LogP contribution in [0.1, 0.15) is 28.5 Å². The zero-order valence-electron chi connectivity index (χ0n) is 15.3. The predicted octanol–water partition coefficient (Wildman–Crippen LogP) is 4.54. The third-order valence-corrected chi connectivity index (χ3v) is 4.70. The van der Waals surface area contributed by atoms with E-state index in [2.05, 4.69) is 28.4 Å². The fourth-order valence-electron chi connectivity index (χ4n) is 3.21. The maximum absolute atomic E-state index is 12.8. The van der Waals surface area contributed by atoms with Gasteiger partial charge in [-0.2, -0.15) is 5.10 Å². The van der Waals surface area contributed by atoms with Gasteiger partial charge in [0.25, 0.3) is 5.91 Å². The zero-order chi connectivity index (χ0) is 18.8. The molecule has 2 aromatic heterocycles. The maximum atomic E-state index is 12.8. The second-order valence-corrected chi connectivity index (χ2v) is 6.38. The van der Waals surface area contributed by atoms with Gasteiger partial charge in [0.1, 0.15) is 5.82 Å². The molecule has 2 aromatic carbocycles. The van der Waals surface area contributed by atoms with Crippen LogP contribution in [0.5, 0.6) is 0 Å². The van der Waals surface area contributed by atoms with Gasteiger partial charge in [-0.15, -0.1) is 0 Å². The van der Waals surface area contributed by atoms with E-state index in [1.807, 2.05) is 66.2 Å². The Morgan fingerprint density at radius 3 is 2.67 bits per heavy atom. The number of nitrogens with one attached hydrogen (secondary N) is 1. The first kappa shape index (κ1) is 17.0. The Labute approximate surface area is 157 Å². The molecule has 1 amide bonds. The van der Waals surface area contributed by atoms with Crippen molar-refractivity contribution < 1.29 is 4.79 Å². The van der Waals surface area contributed by atoms with Crippen LogP contribution in [0.15, 0.2) is 66.9 Å². The van der Waals surface area contributed by atoms with E-state index in [1.165, 1.54) is 5.56 Å². The minimum atomic E-state index is -0.212. The second kappa shape index (κ2) is 7.03. The van der Waals surface area contributed by atoms with E-state index in [4.69, 9.17) is 0 Å². The van der Waals surface area contributed by atoms with E-state index in [1.54, 1.807) is 6.20 Å². The lowest BCUT2D eigenvalue weighted by atomic mass is 10.1. The Bertz CT molecular complexity index is 1130. The quantitative estimate of drug-likeness (QED) is 0.584. The lowest BCUT2D eigenvalue weighted by molar-refractivity contribution is 0.102. The molecule has 0 aliphatic heterocycles. The third kappa shape index (κ3) is 3.19. The summed E-state index contributed by atoms with van der Waals surface area (Å²) in [7, 11) is 0. The zero-order valence-corrected chi connectivity index (χ0v) is 15.3. The van der Waals surface area contributed by atoms with E-state index in [0.717, 1.165) is 28.7 Å². The number of carbonyl (C=O) groups is 1. The molecular formula is C22H20N4O. The average molecular weight is 356 g/mol. The van der Waals surface area contributed by atoms with Crippen LogP contribution in [0.4, 0.5) is 5.82 Å². The van der Waals surface area contributed by atoms with Gasteiger partial charge in [-0.25, -0.2) is 9.67 Å². The summed E-state index contributed by atoms with van der Waals surface area (Å²) in [4.78, 5) is 17.3. The van der Waals surface area contributed by atoms with Crippen LogP contribution in [0.3, 0.4) is 0 Å². The van der Waals surface area contributed by atoms with Crippen LogP contribution in [-0.4, -0.2) is 20.7 Å². The Hall–Kier alpha value is -3.47. The molecule has 5 nitrogen and oxygen atoms in total. The summed E-state index contributed by atoms with van der Waals surface area (Å²) < 4.78 is 1.82. The molecular weight excluding hydrogens is 336 g/mol. The number of rotatable bonds is 4. The summed E-state index contributed by atoms with van der Waals surface area (Å²) in [6.45, 7) is 4.01. The lowest BCUT2D eigenvalue weighted by Gasteiger charge is -2.10. The van der Waals surface area contributed by atoms with Gasteiger partial charge in [0.15, 0.2) is 0 Å². The van der Waals surface area contributed by atoms with Gasteiger partial charge < -0.3 is 5.32 Å². The van der Waals surface area contributed by atoms with Crippen molar-refractivity contribution in [2.45, 2.75) is 20.3 Å². The van der Waals surface area contributed by atoms with E-state index < -0.39 is 0 Å². The van der Waals surface area contributed by atoms with Crippen LogP contribution in [0, 0.1) is 6.92 Å². The fourth-order valence-corrected chi connectivity index (χ4v) is 3.21. The molecule has 1 N–H and O–H groups in total. The van der Waals surface area contributed by atoms with Crippen LogP contribution >= 0.6 is 0 Å². The van der Waals surface area contributed by atoms with E-state index in [-0.39, 0.29) is 5.91 Å². The Morgan fingerprint density at radius 1 is 1.04 bits per heavy atom. The molecule has 4 rings (SSSR count). The summed E-state index contributed by atoms with van der Waals surface area (Å²) >= 11 is 0. The van der Waals surface area contributed by atoms with Crippen molar-refractivity contribution in [1.82, 2.24) is 14.8 Å². The summed E-state index contributed by atoms with van der Waals surface area (Å²) in [6, 6.07) is 19.7. The third-order valence-electron chi connectivity index (χ3n) is 4.70. The standard InChI is InChI=1S/C22H20N4O/c1-3-16-8-5-7-11-20(16)26-15(2)18(14-23-26)22(27)25-21-13-12-17-9-4-6-10-19(17)24-21/h4-14H,3H2,1-2H3,(H,24,25,27). The van der Waals surface area contributed by atoms with Crippen molar-refractivity contribution in [2.24, 2.45) is 0 Å². The van der Waals surface area contributed by atoms with Gasteiger partial charge >= 0.3 is 0 Å². The number of amides is 1. The highest BCUT2D eigenvalue weighted by atomic mass is 16.1. The van der Waals surface area contributed by atoms with Crippen LogP contribution in [0.2, 0.25) is 0 Å². The van der Waals surface area contributed by atoms with Crippen LogP contribution in [-0.2, 0) is 6.42 Å². The monoisotopic (exact) mass is 356 g/mol. The number of hydrogen-bond acceptors (Lipinski definition) is 3. The number of carbonyl (C=O) groups excluding carboxylic acids is 1. The lowest BCUT2D eigenvalue weighted by Crippen LogP contribution is -2.14. The number of hydrogen-bond donors (Lipinski definition) is 1. The Balaban J connectivity index is 1.63. The number of para-hydroxylation sites is 2. The molecule has 27 heavy (non-hydrogen) atoms. The molecule has 0 aliphatic rings. The largest absolute Gasteiger partial charge is 0.306 e. The summed E-state index contributed by atoms with van der Waals surface area (Å²) in [5, 5.41) is 8.36. The SMILES string of the molecule is CCc1ccccc1-n1ncc(C(=O)Nc2ccc3ccccc3n2)c1C. The normalized spacial score (nSPS) is 10.9. The van der Waals surface area contributed by atoms with Gasteiger partial charge in [-0.05, 0) is 43.2 Å². The molecule has 0 radical (unpaired) electrons. The van der Waals surface area contributed by atoms with Crippen molar-refractivity contribution in [3.63, 3.8) is 0 Å². The molecule has 2 heterocycles. The van der Waals surface area contributed by atoms with Crippen LogP contribution < -0.4 is 5.32 Å². The molecule has 0 unspecified atom stereocenters. The van der Waals surface area contributed by atoms with E-state index >= 15 is 0 Å². The van der Waals surface area contributed by atoms with Crippen molar-refractivity contribution in [1.29, 1.82) is 0 Å². The Morgan fingerprint density at radius 2 is 1.81 bits per heavy atom. The van der Waals surface area contributed by atoms with Crippen LogP contribution in [0.25, 0.3) is 16.6 Å². The molecule has 0 saturated heterocycles. The molecule has 0 aliphatic carbocycles. The van der Waals surface area contributed by atoms with Gasteiger partial charge in [-0.1, -0.05) is 43.3 Å². The summed E-state index contributed by atoms with van der Waals surface area (Å²) in [6.07, 6.45) is 2.51. The number of pyridine rings is 1. The van der Waals surface area contributed by atoms with Crippen molar-refractivity contribution >= 4 is 22.6 Å². The Kier molecular flexibility index (Phi) is 4.42. The number of aryl methyl sites for hydroxylation is 1. The number of benzene rings is 2. The fraction of sp³-hybridized carbons (Fsp3) is 0.136. The second-order valence-electron chi connectivity index (χ2n) is 6.38. The number of nitrogens with zero attached hydrogens (tertiary/aromatic N) is 3. The van der Waals surface area contributed by atoms with Crippen molar-refractivity contribution in [3.05, 3.63) is 83.7 Å². The van der Waals surface area contributed by atoms with Gasteiger partial charge in [0, 0.05) is 5.39 Å². The molecule has 5 heteroatoms. The van der Waals surface area contributed by atoms with Crippen molar-refractivity contribution in [3.8, 4) is 5.69 Å². The average Bonchev–Trinajstić information content (AvgIpc) is 3.09. The smallest absolute Gasteiger partial charge is 0.260 e. The first-order chi connectivity index (χ1) is 13.2. The van der Waals surface area contributed by atoms with Gasteiger partial charge in [-0.3, -0.25) is 4.79 Å². The molecule has 4 aromatic rings. The molecule has 0 spiro atoms. The van der Waals surface area contributed by atoms with E-state index in [0.29, 0.717) is 11.4 Å². The van der Waals surface area contributed by atoms with Gasteiger partial charge in [0.05, 0.1) is 28.7 Å².